The van der Waals surface area contributed by atoms with Gasteiger partial charge in [-0.3, -0.25) is 9.89 Å². The van der Waals surface area contributed by atoms with E-state index in [4.69, 9.17) is 0 Å². The number of aryl methyl sites for hydroxylation is 1. The monoisotopic (exact) mass is 258 g/mol. The number of hydrogen-bond donors (Lipinski definition) is 1. The van der Waals surface area contributed by atoms with Crippen molar-refractivity contribution in [3.63, 3.8) is 0 Å². The van der Waals surface area contributed by atoms with E-state index in [9.17, 15) is 4.79 Å². The average Bonchev–Trinajstić information content (AvgIpc) is 2.92. The second-order valence-electron chi connectivity index (χ2n) is 4.52. The fourth-order valence-electron chi connectivity index (χ4n) is 1.90. The van der Waals surface area contributed by atoms with E-state index < -0.39 is 0 Å². The molecule has 5 heteroatoms. The number of hydrogen-bond acceptors (Lipinski definition) is 3. The van der Waals surface area contributed by atoms with Gasteiger partial charge in [0.2, 0.25) is 5.91 Å². The number of rotatable bonds is 6. The van der Waals surface area contributed by atoms with Crippen molar-refractivity contribution in [3.8, 4) is 0 Å². The van der Waals surface area contributed by atoms with Crippen LogP contribution in [0.4, 0.5) is 0 Å². The van der Waals surface area contributed by atoms with Gasteiger partial charge in [-0.25, -0.2) is 4.98 Å². The zero-order valence-corrected chi connectivity index (χ0v) is 11.0. The van der Waals surface area contributed by atoms with Gasteiger partial charge >= 0.3 is 0 Å². The first kappa shape index (κ1) is 13.3. The van der Waals surface area contributed by atoms with E-state index in [0.29, 0.717) is 18.8 Å². The Kier molecular flexibility index (Phi) is 4.66. The van der Waals surface area contributed by atoms with Gasteiger partial charge in [0.15, 0.2) is 0 Å². The standard InChI is InChI=1S/C14H18N4O/c1-18(10-13-15-11-16-17-13)14(19)9-5-8-12-6-3-2-4-7-12/h2-4,6-7,11H,5,8-10H2,1H3,(H,15,16,17). The summed E-state index contributed by atoms with van der Waals surface area (Å²) in [5.41, 5.74) is 1.27. The highest BCUT2D eigenvalue weighted by Gasteiger charge is 2.10. The molecule has 19 heavy (non-hydrogen) atoms. The van der Waals surface area contributed by atoms with Crippen LogP contribution >= 0.6 is 0 Å². The largest absolute Gasteiger partial charge is 0.338 e. The van der Waals surface area contributed by atoms with Gasteiger partial charge in [-0.15, -0.1) is 0 Å². The number of carbonyl (C=O) groups is 1. The summed E-state index contributed by atoms with van der Waals surface area (Å²) in [6.07, 6.45) is 3.80. The van der Waals surface area contributed by atoms with E-state index in [-0.39, 0.29) is 5.91 Å². The van der Waals surface area contributed by atoms with Crippen molar-refractivity contribution in [1.29, 1.82) is 0 Å². The molecule has 0 aliphatic rings. The molecule has 5 nitrogen and oxygen atoms in total. The third kappa shape index (κ3) is 4.21. The number of carbonyl (C=O) groups excluding carboxylic acids is 1. The van der Waals surface area contributed by atoms with Gasteiger partial charge in [0.1, 0.15) is 12.2 Å². The smallest absolute Gasteiger partial charge is 0.222 e. The van der Waals surface area contributed by atoms with Crippen molar-refractivity contribution in [2.45, 2.75) is 25.8 Å². The highest BCUT2D eigenvalue weighted by Crippen LogP contribution is 2.06. The third-order valence-corrected chi connectivity index (χ3v) is 2.98. The molecule has 0 bridgehead atoms. The molecule has 0 radical (unpaired) electrons. The zero-order valence-electron chi connectivity index (χ0n) is 11.0. The van der Waals surface area contributed by atoms with Crippen LogP contribution in [0, 0.1) is 0 Å². The first-order valence-corrected chi connectivity index (χ1v) is 6.38. The molecule has 2 aromatic rings. The number of nitrogens with one attached hydrogen (secondary N) is 1. The van der Waals surface area contributed by atoms with E-state index in [1.165, 1.54) is 11.9 Å². The quantitative estimate of drug-likeness (QED) is 0.859. The normalized spacial score (nSPS) is 10.4. The predicted molar refractivity (Wildman–Crippen MR) is 72.2 cm³/mol. The van der Waals surface area contributed by atoms with Crippen LogP contribution in [-0.2, 0) is 17.8 Å². The molecule has 1 heterocycles. The summed E-state index contributed by atoms with van der Waals surface area (Å²) in [6.45, 7) is 0.476. The lowest BCUT2D eigenvalue weighted by molar-refractivity contribution is -0.130. The van der Waals surface area contributed by atoms with Gasteiger partial charge in [0, 0.05) is 13.5 Å². The minimum absolute atomic E-state index is 0.132. The Hall–Kier alpha value is -2.17. The Balaban J connectivity index is 1.72. The first-order chi connectivity index (χ1) is 9.25. The van der Waals surface area contributed by atoms with Crippen LogP contribution in [-0.4, -0.2) is 33.0 Å². The van der Waals surface area contributed by atoms with Crippen molar-refractivity contribution in [2.75, 3.05) is 7.05 Å². The number of aromatic nitrogens is 3. The van der Waals surface area contributed by atoms with Gasteiger partial charge in [0.25, 0.3) is 0 Å². The lowest BCUT2D eigenvalue weighted by Gasteiger charge is -2.15. The van der Waals surface area contributed by atoms with Crippen LogP contribution in [0.5, 0.6) is 0 Å². The first-order valence-electron chi connectivity index (χ1n) is 6.38. The van der Waals surface area contributed by atoms with Crippen LogP contribution in [0.3, 0.4) is 0 Å². The predicted octanol–water partition coefficient (Wildman–Crippen LogP) is 1.79. The molecule has 1 N–H and O–H groups in total. The molecule has 0 aliphatic carbocycles. The molecule has 1 aromatic heterocycles. The molecule has 0 unspecified atom stereocenters. The molecular weight excluding hydrogens is 240 g/mol. The second-order valence-corrected chi connectivity index (χ2v) is 4.52. The Morgan fingerprint density at radius 3 is 2.79 bits per heavy atom. The average molecular weight is 258 g/mol. The molecule has 2 rings (SSSR count). The summed E-state index contributed by atoms with van der Waals surface area (Å²) in [6, 6.07) is 10.2. The molecular formula is C14H18N4O. The van der Waals surface area contributed by atoms with Crippen LogP contribution in [0.15, 0.2) is 36.7 Å². The number of amides is 1. The zero-order chi connectivity index (χ0) is 13.5. The van der Waals surface area contributed by atoms with E-state index >= 15 is 0 Å². The second kappa shape index (κ2) is 6.68. The Labute approximate surface area is 112 Å². The van der Waals surface area contributed by atoms with Crippen molar-refractivity contribution in [1.82, 2.24) is 20.1 Å². The molecule has 0 fully saturated rings. The summed E-state index contributed by atoms with van der Waals surface area (Å²) in [5.74, 6) is 0.839. The van der Waals surface area contributed by atoms with Gasteiger partial charge in [-0.05, 0) is 18.4 Å². The van der Waals surface area contributed by atoms with Crippen LogP contribution in [0.25, 0.3) is 0 Å². The van der Waals surface area contributed by atoms with Gasteiger partial charge < -0.3 is 4.90 Å². The molecule has 1 aromatic carbocycles. The van der Waals surface area contributed by atoms with Crippen molar-refractivity contribution in [3.05, 3.63) is 48.0 Å². The number of benzene rings is 1. The maximum Gasteiger partial charge on any atom is 0.222 e. The summed E-state index contributed by atoms with van der Waals surface area (Å²) in [7, 11) is 1.79. The van der Waals surface area contributed by atoms with E-state index in [1.807, 2.05) is 18.2 Å². The van der Waals surface area contributed by atoms with Gasteiger partial charge in [-0.1, -0.05) is 30.3 Å². The van der Waals surface area contributed by atoms with Crippen molar-refractivity contribution in [2.24, 2.45) is 0 Å². The number of H-pyrrole nitrogens is 1. The van der Waals surface area contributed by atoms with E-state index in [0.717, 1.165) is 12.8 Å². The van der Waals surface area contributed by atoms with Gasteiger partial charge in [-0.2, -0.15) is 5.10 Å². The minimum Gasteiger partial charge on any atom is -0.338 e. The van der Waals surface area contributed by atoms with Crippen LogP contribution < -0.4 is 0 Å². The van der Waals surface area contributed by atoms with Crippen LogP contribution in [0.1, 0.15) is 24.2 Å². The lowest BCUT2D eigenvalue weighted by atomic mass is 10.1. The third-order valence-electron chi connectivity index (χ3n) is 2.98. The van der Waals surface area contributed by atoms with Crippen LogP contribution in [0.2, 0.25) is 0 Å². The molecule has 0 saturated heterocycles. The molecule has 0 aliphatic heterocycles. The maximum atomic E-state index is 11.9. The minimum atomic E-state index is 0.132. The molecule has 0 atom stereocenters. The molecule has 0 saturated carbocycles. The lowest BCUT2D eigenvalue weighted by Crippen LogP contribution is -2.26. The fraction of sp³-hybridized carbons (Fsp3) is 0.357. The Bertz CT molecular complexity index is 495. The topological polar surface area (TPSA) is 61.9 Å². The summed E-state index contributed by atoms with van der Waals surface area (Å²) in [5, 5.41) is 6.51. The summed E-state index contributed by atoms with van der Waals surface area (Å²) in [4.78, 5) is 17.6. The Morgan fingerprint density at radius 2 is 2.11 bits per heavy atom. The highest BCUT2D eigenvalue weighted by atomic mass is 16.2. The van der Waals surface area contributed by atoms with Gasteiger partial charge in [0.05, 0.1) is 6.54 Å². The summed E-state index contributed by atoms with van der Waals surface area (Å²) < 4.78 is 0. The number of nitrogens with zero attached hydrogens (tertiary/aromatic N) is 3. The molecule has 1 amide bonds. The van der Waals surface area contributed by atoms with Crippen molar-refractivity contribution < 1.29 is 4.79 Å². The van der Waals surface area contributed by atoms with E-state index in [2.05, 4.69) is 27.3 Å². The summed E-state index contributed by atoms with van der Waals surface area (Å²) >= 11 is 0. The SMILES string of the molecule is CN(Cc1ncn[nH]1)C(=O)CCCc1ccccc1. The fourth-order valence-corrected chi connectivity index (χ4v) is 1.90. The highest BCUT2D eigenvalue weighted by molar-refractivity contribution is 5.75. The molecule has 100 valence electrons. The number of aromatic amines is 1. The van der Waals surface area contributed by atoms with Crippen molar-refractivity contribution >= 4 is 5.91 Å². The maximum absolute atomic E-state index is 11.9. The van der Waals surface area contributed by atoms with E-state index in [1.54, 1.807) is 11.9 Å². The Morgan fingerprint density at radius 1 is 1.32 bits per heavy atom. The molecule has 0 spiro atoms.